The van der Waals surface area contributed by atoms with Gasteiger partial charge in [0.15, 0.2) is 0 Å². The number of hydrogen-bond acceptors (Lipinski definition) is 2. The van der Waals surface area contributed by atoms with Crippen LogP contribution in [0.15, 0.2) is 24.3 Å². The lowest BCUT2D eigenvalue weighted by Gasteiger charge is -2.29. The van der Waals surface area contributed by atoms with Gasteiger partial charge >= 0.3 is 12.1 Å². The number of halogens is 3. The third kappa shape index (κ3) is 5.53. The predicted octanol–water partition coefficient (Wildman–Crippen LogP) is 4.19. The molecule has 0 saturated heterocycles. The highest BCUT2D eigenvalue weighted by Gasteiger charge is 2.31. The molecule has 0 aliphatic heterocycles. The van der Waals surface area contributed by atoms with Crippen LogP contribution >= 0.6 is 0 Å². The van der Waals surface area contributed by atoms with Gasteiger partial charge in [-0.25, -0.2) is 0 Å². The number of rotatable bonds is 6. The van der Waals surface area contributed by atoms with Crippen LogP contribution in [0.1, 0.15) is 55.6 Å². The summed E-state index contributed by atoms with van der Waals surface area (Å²) in [5, 5.41) is 11.9. The first-order valence-electron chi connectivity index (χ1n) is 7.98. The lowest BCUT2D eigenvalue weighted by atomic mass is 9.81. The zero-order valence-electron chi connectivity index (χ0n) is 12.9. The van der Waals surface area contributed by atoms with E-state index in [1.807, 2.05) is 0 Å². The number of carboxylic acid groups (broad SMARTS) is 1. The largest absolute Gasteiger partial charge is 0.481 e. The molecule has 0 heterocycles. The fourth-order valence-corrected chi connectivity index (χ4v) is 3.15. The van der Waals surface area contributed by atoms with Gasteiger partial charge in [0, 0.05) is 12.5 Å². The van der Waals surface area contributed by atoms with Crippen LogP contribution in [0.3, 0.4) is 0 Å². The van der Waals surface area contributed by atoms with Crippen molar-refractivity contribution in [3.63, 3.8) is 0 Å². The second-order valence-electron chi connectivity index (χ2n) is 6.12. The van der Waals surface area contributed by atoms with E-state index in [1.54, 1.807) is 6.07 Å². The highest BCUT2D eigenvalue weighted by Crippen LogP contribution is 2.36. The summed E-state index contributed by atoms with van der Waals surface area (Å²) in [7, 11) is 0. The van der Waals surface area contributed by atoms with Gasteiger partial charge in [0.2, 0.25) is 0 Å². The number of benzene rings is 1. The zero-order valence-corrected chi connectivity index (χ0v) is 12.9. The molecular weight excluding hydrogens is 307 g/mol. The molecule has 0 radical (unpaired) electrons. The number of hydrogen-bond donors (Lipinski definition) is 2. The fraction of sp³-hybridized carbons (Fsp3) is 0.588. The molecule has 2 rings (SSSR count). The lowest BCUT2D eigenvalue weighted by molar-refractivity contribution is -0.138. The topological polar surface area (TPSA) is 49.3 Å². The molecule has 1 fully saturated rings. The summed E-state index contributed by atoms with van der Waals surface area (Å²) in [5.41, 5.74) is 0.188. The van der Waals surface area contributed by atoms with Crippen molar-refractivity contribution in [3.8, 4) is 0 Å². The standard InChI is InChI=1S/C17H22F3NO2/c18-17(19,20)14-4-1-3-13(11-14)12-6-8-15(9-7-12)21-10-2-5-16(22)23/h1,3-4,11-12,15,21H,2,5-10H2,(H,22,23). The molecule has 1 aromatic rings. The van der Waals surface area contributed by atoms with Crippen LogP contribution in [0.5, 0.6) is 0 Å². The average Bonchev–Trinajstić information content (AvgIpc) is 2.51. The van der Waals surface area contributed by atoms with Crippen LogP contribution in [0.2, 0.25) is 0 Å². The van der Waals surface area contributed by atoms with Gasteiger partial charge in [-0.3, -0.25) is 4.79 Å². The molecule has 128 valence electrons. The number of carbonyl (C=O) groups is 1. The van der Waals surface area contributed by atoms with Gasteiger partial charge in [-0.2, -0.15) is 13.2 Å². The molecule has 0 spiro atoms. The Hall–Kier alpha value is -1.56. The predicted molar refractivity (Wildman–Crippen MR) is 81.3 cm³/mol. The van der Waals surface area contributed by atoms with Crippen molar-refractivity contribution in [3.05, 3.63) is 35.4 Å². The van der Waals surface area contributed by atoms with E-state index in [9.17, 15) is 18.0 Å². The first-order valence-corrected chi connectivity index (χ1v) is 7.98. The fourth-order valence-electron chi connectivity index (χ4n) is 3.15. The second kappa shape index (κ2) is 7.81. The summed E-state index contributed by atoms with van der Waals surface area (Å²) in [6, 6.07) is 5.98. The van der Waals surface area contributed by atoms with Crippen molar-refractivity contribution >= 4 is 5.97 Å². The third-order valence-electron chi connectivity index (χ3n) is 4.41. The minimum Gasteiger partial charge on any atom is -0.481 e. The molecule has 1 aliphatic rings. The maximum Gasteiger partial charge on any atom is 0.416 e. The molecule has 1 aliphatic carbocycles. The Morgan fingerprint density at radius 1 is 1.22 bits per heavy atom. The molecule has 0 aromatic heterocycles. The van der Waals surface area contributed by atoms with Gasteiger partial charge in [-0.15, -0.1) is 0 Å². The van der Waals surface area contributed by atoms with Crippen molar-refractivity contribution < 1.29 is 23.1 Å². The van der Waals surface area contributed by atoms with Crippen LogP contribution in [0, 0.1) is 0 Å². The molecule has 0 amide bonds. The van der Waals surface area contributed by atoms with Crippen molar-refractivity contribution in [2.24, 2.45) is 0 Å². The van der Waals surface area contributed by atoms with Crippen LogP contribution in [-0.2, 0) is 11.0 Å². The summed E-state index contributed by atoms with van der Waals surface area (Å²) in [4.78, 5) is 10.4. The van der Waals surface area contributed by atoms with E-state index in [0.29, 0.717) is 19.0 Å². The second-order valence-corrected chi connectivity index (χ2v) is 6.12. The highest BCUT2D eigenvalue weighted by atomic mass is 19.4. The van der Waals surface area contributed by atoms with E-state index in [0.717, 1.165) is 37.3 Å². The van der Waals surface area contributed by atoms with Crippen molar-refractivity contribution in [2.45, 2.75) is 56.7 Å². The Kier molecular flexibility index (Phi) is 6.04. The summed E-state index contributed by atoms with van der Waals surface area (Å²) in [6.45, 7) is 0.672. The maximum absolute atomic E-state index is 12.8. The van der Waals surface area contributed by atoms with E-state index in [2.05, 4.69) is 5.32 Å². The van der Waals surface area contributed by atoms with Crippen LogP contribution in [0.4, 0.5) is 13.2 Å². The molecule has 6 heteroatoms. The summed E-state index contributed by atoms with van der Waals surface area (Å²) in [5.74, 6) is -0.616. The van der Waals surface area contributed by atoms with Gasteiger partial charge in [0.1, 0.15) is 0 Å². The summed E-state index contributed by atoms with van der Waals surface area (Å²) < 4.78 is 38.3. The monoisotopic (exact) mass is 329 g/mol. The molecule has 3 nitrogen and oxygen atoms in total. The van der Waals surface area contributed by atoms with Gasteiger partial charge in [0.25, 0.3) is 0 Å². The number of nitrogens with one attached hydrogen (secondary N) is 1. The minimum atomic E-state index is -4.29. The Labute approximate surface area is 133 Å². The van der Waals surface area contributed by atoms with Crippen LogP contribution < -0.4 is 5.32 Å². The summed E-state index contributed by atoms with van der Waals surface area (Å²) in [6.07, 6.45) is 0.00611. The molecule has 1 aromatic carbocycles. The molecule has 0 unspecified atom stereocenters. The Bertz CT molecular complexity index is 523. The van der Waals surface area contributed by atoms with Crippen LogP contribution in [-0.4, -0.2) is 23.7 Å². The number of aliphatic carboxylic acids is 1. The van der Waals surface area contributed by atoms with Crippen molar-refractivity contribution in [1.82, 2.24) is 5.32 Å². The van der Waals surface area contributed by atoms with Crippen molar-refractivity contribution in [1.29, 1.82) is 0 Å². The normalized spacial score (nSPS) is 22.0. The maximum atomic E-state index is 12.8. The molecule has 1 saturated carbocycles. The van der Waals surface area contributed by atoms with E-state index in [1.165, 1.54) is 12.1 Å². The Morgan fingerprint density at radius 3 is 2.52 bits per heavy atom. The first kappa shape index (κ1) is 17.8. The van der Waals surface area contributed by atoms with E-state index >= 15 is 0 Å². The SMILES string of the molecule is O=C(O)CCCNC1CCC(c2cccc(C(F)(F)F)c2)CC1. The molecular formula is C17H22F3NO2. The van der Waals surface area contributed by atoms with Gasteiger partial charge in [-0.1, -0.05) is 18.2 Å². The molecule has 0 atom stereocenters. The first-order chi connectivity index (χ1) is 10.9. The van der Waals surface area contributed by atoms with E-state index in [4.69, 9.17) is 5.11 Å². The number of carboxylic acids is 1. The average molecular weight is 329 g/mol. The zero-order chi connectivity index (χ0) is 16.9. The van der Waals surface area contributed by atoms with Gasteiger partial charge in [-0.05, 0) is 56.2 Å². The smallest absolute Gasteiger partial charge is 0.416 e. The van der Waals surface area contributed by atoms with Crippen LogP contribution in [0.25, 0.3) is 0 Å². The highest BCUT2D eigenvalue weighted by molar-refractivity contribution is 5.66. The van der Waals surface area contributed by atoms with Gasteiger partial charge in [0.05, 0.1) is 5.56 Å². The third-order valence-corrected chi connectivity index (χ3v) is 4.41. The lowest BCUT2D eigenvalue weighted by Crippen LogP contribution is -2.33. The Balaban J connectivity index is 1.81. The number of alkyl halides is 3. The minimum absolute atomic E-state index is 0.159. The molecule has 2 N–H and O–H groups in total. The van der Waals surface area contributed by atoms with E-state index < -0.39 is 17.7 Å². The Morgan fingerprint density at radius 2 is 1.91 bits per heavy atom. The van der Waals surface area contributed by atoms with Crippen molar-refractivity contribution in [2.75, 3.05) is 6.54 Å². The van der Waals surface area contributed by atoms with Gasteiger partial charge < -0.3 is 10.4 Å². The summed E-state index contributed by atoms with van der Waals surface area (Å²) >= 11 is 0. The molecule has 23 heavy (non-hydrogen) atoms. The molecule has 0 bridgehead atoms. The van der Waals surface area contributed by atoms with E-state index in [-0.39, 0.29) is 12.3 Å². The quantitative estimate of drug-likeness (QED) is 0.770.